The number of rotatable bonds is 61. The van der Waals surface area contributed by atoms with E-state index in [0.29, 0.717) is 23.9 Å². The minimum absolute atomic E-state index is 0.00124. The van der Waals surface area contributed by atoms with Crippen LogP contribution in [0.25, 0.3) is 0 Å². The Labute approximate surface area is 490 Å². The second-order valence-electron chi connectivity index (χ2n) is 23.8. The van der Waals surface area contributed by atoms with E-state index in [9.17, 15) is 19.4 Å². The van der Waals surface area contributed by atoms with Crippen LogP contribution in [0.3, 0.4) is 0 Å². The maximum absolute atomic E-state index is 13.0. The van der Waals surface area contributed by atoms with E-state index in [1.54, 1.807) is 0 Å². The molecule has 0 aromatic carbocycles. The molecule has 0 saturated heterocycles. The van der Waals surface area contributed by atoms with Crippen LogP contribution in [0.1, 0.15) is 303 Å². The lowest BCUT2D eigenvalue weighted by Gasteiger charge is -2.30. The Morgan fingerprint density at radius 3 is 1.11 bits per heavy atom. The summed E-state index contributed by atoms with van der Waals surface area (Å²) in [5, 5.41) is 14.1. The molecule has 0 spiro atoms. The van der Waals surface area contributed by atoms with E-state index in [2.05, 4.69) is 104 Å². The molecule has 0 heterocycles. The first-order valence-electron chi connectivity index (χ1n) is 33.4. The van der Waals surface area contributed by atoms with Gasteiger partial charge in [-0.2, -0.15) is 0 Å². The highest BCUT2D eigenvalue weighted by Crippen LogP contribution is 2.38. The van der Waals surface area contributed by atoms with Crippen LogP contribution in [-0.4, -0.2) is 68.5 Å². The van der Waals surface area contributed by atoms with Gasteiger partial charge in [0.2, 0.25) is 5.91 Å². The number of quaternary nitrogens is 1. The van der Waals surface area contributed by atoms with Gasteiger partial charge in [0.05, 0.1) is 39.9 Å². The van der Waals surface area contributed by atoms with Crippen LogP contribution in [0.15, 0.2) is 85.1 Å². The third kappa shape index (κ3) is 63.1. The van der Waals surface area contributed by atoms with E-state index in [1.807, 2.05) is 21.1 Å². The fourth-order valence-corrected chi connectivity index (χ4v) is 10.5. The number of aliphatic hydroxyl groups excluding tert-OH is 1. The molecule has 0 fully saturated rings. The summed E-state index contributed by atoms with van der Waals surface area (Å²) < 4.78 is 23.5. The second-order valence-corrected chi connectivity index (χ2v) is 25.2. The van der Waals surface area contributed by atoms with Crippen LogP contribution in [0.2, 0.25) is 0 Å². The molecule has 3 atom stereocenters. The fourth-order valence-electron chi connectivity index (χ4n) is 9.73. The standard InChI is InChI=1S/C70H129N2O6P/c1-6-8-10-12-14-16-18-20-22-24-26-28-30-32-33-34-35-36-37-38-40-41-43-45-47-49-51-53-55-57-59-61-63-69(73)68(67-78-79(75,76)77-66-65-72(3,4)5)71-70(74)64-62-60-58-56-54-52-50-48-46-44-42-39-31-29-27-25-23-21-19-17-15-13-11-9-7-2/h9,11,15,17,21,23,27,29,39,42,46,48,52,54,68-69,73H,6-8,10,12-14,16,18-20,22,24-26,28,30-38,40-41,43-45,47,49-51,53,55-67H2,1-5H3,(H-,71,74,75,76)/b11-9-,17-15-,23-21-,29-27-,42-39-,48-46-,54-52-. The van der Waals surface area contributed by atoms with Crippen LogP contribution in [0.4, 0.5) is 0 Å². The Morgan fingerprint density at radius 2 is 0.772 bits per heavy atom. The number of carbonyl (C=O) groups is 1. The van der Waals surface area contributed by atoms with Crippen molar-refractivity contribution in [3.05, 3.63) is 85.1 Å². The number of phosphoric acid groups is 1. The SMILES string of the molecule is CC/C=C\C/C=C\C/C=C\C/C=C\C/C=C\C/C=C\C/C=C\CCCCCC(=O)NC(COP(=O)([O-])OCC[N+](C)(C)C)C(O)CCCCCCCCCCCCCCCCCCCCCCCCCCCCCCCCCC. The van der Waals surface area contributed by atoms with E-state index >= 15 is 0 Å². The third-order valence-electron chi connectivity index (χ3n) is 14.9. The predicted octanol–water partition coefficient (Wildman–Crippen LogP) is 20.5. The summed E-state index contributed by atoms with van der Waals surface area (Å²) in [7, 11) is 1.28. The summed E-state index contributed by atoms with van der Waals surface area (Å²) in [6, 6.07) is -0.827. The van der Waals surface area contributed by atoms with Crippen molar-refractivity contribution >= 4 is 13.7 Å². The molecule has 3 unspecified atom stereocenters. The normalized spacial score (nSPS) is 14.3. The number of phosphoric ester groups is 1. The molecule has 0 aromatic heterocycles. The Balaban J connectivity index is 4.12. The van der Waals surface area contributed by atoms with E-state index in [4.69, 9.17) is 9.05 Å². The fraction of sp³-hybridized carbons (Fsp3) is 0.786. The first kappa shape index (κ1) is 76.7. The molecule has 460 valence electrons. The molecule has 0 aliphatic heterocycles. The summed E-state index contributed by atoms with van der Waals surface area (Å²) in [6.45, 7) is 4.61. The molecule has 0 aliphatic rings. The molecule has 0 aromatic rings. The van der Waals surface area contributed by atoms with E-state index < -0.39 is 20.0 Å². The Bertz CT molecular complexity index is 1560. The highest BCUT2D eigenvalue weighted by Gasteiger charge is 2.24. The van der Waals surface area contributed by atoms with Gasteiger partial charge in [0, 0.05) is 6.42 Å². The lowest BCUT2D eigenvalue weighted by molar-refractivity contribution is -0.870. The number of nitrogens with zero attached hydrogens (tertiary/aromatic N) is 1. The largest absolute Gasteiger partial charge is 0.756 e. The molecular weight excluding hydrogens is 996 g/mol. The zero-order chi connectivity index (χ0) is 57.7. The monoisotopic (exact) mass is 1120 g/mol. The number of carbonyl (C=O) groups excluding carboxylic acids is 1. The average Bonchev–Trinajstić information content (AvgIpc) is 3.42. The lowest BCUT2D eigenvalue weighted by Crippen LogP contribution is -2.46. The first-order valence-corrected chi connectivity index (χ1v) is 34.9. The van der Waals surface area contributed by atoms with Crippen LogP contribution in [-0.2, 0) is 18.4 Å². The van der Waals surface area contributed by atoms with E-state index in [-0.39, 0.29) is 19.1 Å². The van der Waals surface area contributed by atoms with Gasteiger partial charge in [0.15, 0.2) is 0 Å². The number of allylic oxidation sites excluding steroid dienone is 14. The van der Waals surface area contributed by atoms with Gasteiger partial charge >= 0.3 is 0 Å². The lowest BCUT2D eigenvalue weighted by atomic mass is 10.0. The Kier molecular flexibility index (Phi) is 58.5. The minimum Gasteiger partial charge on any atom is -0.756 e. The van der Waals surface area contributed by atoms with Crippen molar-refractivity contribution in [2.24, 2.45) is 0 Å². The van der Waals surface area contributed by atoms with Gasteiger partial charge in [-0.15, -0.1) is 0 Å². The van der Waals surface area contributed by atoms with Crippen molar-refractivity contribution in [1.82, 2.24) is 5.32 Å². The zero-order valence-electron chi connectivity index (χ0n) is 52.6. The smallest absolute Gasteiger partial charge is 0.268 e. The van der Waals surface area contributed by atoms with Gasteiger partial charge in [-0.1, -0.05) is 311 Å². The van der Waals surface area contributed by atoms with Crippen molar-refractivity contribution in [2.45, 2.75) is 315 Å². The topological polar surface area (TPSA) is 108 Å². The second kappa shape index (κ2) is 60.3. The van der Waals surface area contributed by atoms with Crippen LogP contribution in [0.5, 0.6) is 0 Å². The van der Waals surface area contributed by atoms with Gasteiger partial charge < -0.3 is 28.8 Å². The Hall–Kier alpha value is -2.32. The summed E-state index contributed by atoms with van der Waals surface area (Å²) in [5.41, 5.74) is 0. The van der Waals surface area contributed by atoms with Crippen molar-refractivity contribution in [2.75, 3.05) is 40.9 Å². The maximum Gasteiger partial charge on any atom is 0.268 e. The Morgan fingerprint density at radius 1 is 0.456 bits per heavy atom. The molecule has 0 aliphatic carbocycles. The van der Waals surface area contributed by atoms with E-state index in [0.717, 1.165) is 89.9 Å². The maximum atomic E-state index is 13.0. The van der Waals surface area contributed by atoms with Gasteiger partial charge in [-0.25, -0.2) is 0 Å². The highest BCUT2D eigenvalue weighted by molar-refractivity contribution is 7.45. The van der Waals surface area contributed by atoms with Crippen LogP contribution < -0.4 is 10.2 Å². The van der Waals surface area contributed by atoms with Gasteiger partial charge in [-0.3, -0.25) is 9.36 Å². The summed E-state index contributed by atoms with van der Waals surface area (Å²) in [4.78, 5) is 25.6. The number of hydrogen-bond donors (Lipinski definition) is 2. The number of likely N-dealkylation sites (N-methyl/N-ethyl adjacent to an activating group) is 1. The molecule has 2 N–H and O–H groups in total. The van der Waals surface area contributed by atoms with Crippen molar-refractivity contribution < 1.29 is 32.9 Å². The number of hydrogen-bond acceptors (Lipinski definition) is 6. The molecule has 0 saturated carbocycles. The summed E-state index contributed by atoms with van der Waals surface area (Å²) in [5.74, 6) is -0.196. The molecule has 8 nitrogen and oxygen atoms in total. The molecule has 79 heavy (non-hydrogen) atoms. The number of unbranched alkanes of at least 4 members (excludes halogenated alkanes) is 34. The summed E-state index contributed by atoms with van der Waals surface area (Å²) >= 11 is 0. The third-order valence-corrected chi connectivity index (χ3v) is 15.9. The first-order chi connectivity index (χ1) is 38.5. The van der Waals surface area contributed by atoms with E-state index in [1.165, 1.54) is 186 Å². The van der Waals surface area contributed by atoms with Crippen LogP contribution in [0, 0.1) is 0 Å². The van der Waals surface area contributed by atoms with Crippen molar-refractivity contribution in [3.63, 3.8) is 0 Å². The van der Waals surface area contributed by atoms with Crippen LogP contribution >= 0.6 is 7.82 Å². The quantitative estimate of drug-likeness (QED) is 0.0272. The van der Waals surface area contributed by atoms with Gasteiger partial charge in [0.25, 0.3) is 7.82 Å². The zero-order valence-corrected chi connectivity index (χ0v) is 53.5. The molecule has 0 bridgehead atoms. The number of aliphatic hydroxyl groups is 1. The minimum atomic E-state index is -4.60. The van der Waals surface area contributed by atoms with Crippen molar-refractivity contribution in [1.29, 1.82) is 0 Å². The molecule has 0 radical (unpaired) electrons. The van der Waals surface area contributed by atoms with Gasteiger partial charge in [-0.05, 0) is 70.6 Å². The number of nitrogens with one attached hydrogen (secondary N) is 1. The van der Waals surface area contributed by atoms with Crippen molar-refractivity contribution in [3.8, 4) is 0 Å². The number of amides is 1. The molecular formula is C70H129N2O6P. The van der Waals surface area contributed by atoms with Gasteiger partial charge in [0.1, 0.15) is 13.2 Å². The highest BCUT2D eigenvalue weighted by atomic mass is 31.2. The predicted molar refractivity (Wildman–Crippen MR) is 343 cm³/mol. The molecule has 9 heteroatoms. The molecule has 0 rings (SSSR count). The summed E-state index contributed by atoms with van der Waals surface area (Å²) in [6.07, 6.45) is 85.1. The molecule has 1 amide bonds. The average molecular weight is 1130 g/mol.